The number of aromatic nitrogens is 6. The van der Waals surface area contributed by atoms with Crippen molar-refractivity contribution in [2.75, 3.05) is 0 Å². The Hall–Kier alpha value is -10.4. The Morgan fingerprint density at radius 1 is 0.293 bits per heavy atom. The van der Waals surface area contributed by atoms with Crippen molar-refractivity contribution in [3.05, 3.63) is 302 Å². The van der Waals surface area contributed by atoms with Gasteiger partial charge in [-0.1, -0.05) is 12.1 Å². The van der Waals surface area contributed by atoms with Crippen LogP contribution in [0.3, 0.4) is 0 Å². The van der Waals surface area contributed by atoms with Gasteiger partial charge in [-0.15, -0.1) is 0 Å². The number of benzene rings is 12. The van der Waals surface area contributed by atoms with Gasteiger partial charge in [0.05, 0.1) is 8.22 Å². The van der Waals surface area contributed by atoms with E-state index in [1.165, 1.54) is 18.2 Å². The molecule has 0 saturated heterocycles. The van der Waals surface area contributed by atoms with Crippen molar-refractivity contribution in [1.29, 1.82) is 0 Å². The van der Waals surface area contributed by atoms with E-state index in [4.69, 9.17) is 30.5 Å². The molecule has 0 radical (unpaired) electrons. The molecule has 1 atom stereocenters. The molecule has 0 amide bonds. The molecular formula is C75H50GeN6. The summed E-state index contributed by atoms with van der Waals surface area (Å²) in [5.41, 5.74) is -11.7. The topological polar surface area (TPSA) is 53.5 Å². The number of nitrogens with zero attached hydrogens (tertiary/aromatic N) is 6. The molecule has 16 rings (SSSR count). The summed E-state index contributed by atoms with van der Waals surface area (Å²) in [5, 5.41) is -4.10. The van der Waals surface area contributed by atoms with Gasteiger partial charge >= 0.3 is 520 Å². The number of fused-ring (bicyclic) bond motifs is 9. The molecule has 16 aromatic rings. The summed E-state index contributed by atoms with van der Waals surface area (Å²) in [7, 11) is 0. The van der Waals surface area contributed by atoms with E-state index in [-0.39, 0.29) is 0 Å². The molecule has 7 heteroatoms. The standard InChI is InChI=1S/C75H50GeN6/c1-3-23-51(24-4-1)52-25-21-29-56(49-52)76(54-27-5-2-6-28-54,55-45-47-58(48-46-55)80-66-38-14-7-31-59(66)60-32-8-15-39-67(60)80)57-30-22-26-53(50-57)73-77-74(79-75(78-73)82-70-42-18-11-35-63(70)64-36-12-19-43-71(64)82)65-37-13-20-44-72(65)81-68-40-16-9-33-61(68)62-34-10-17-41-69(62)81/h1-50H/i1D,3D,4D,7D,8D,9D,10D,11D,12D,13D,14D,15D,16D,17D,18D,19D,20D,21D,22D,23D,24D,25D,26D,29D,30D,31D,32D,33D,34D,35D,36D,37D,38D,39D,40D,41D,42D,43D,44D,45D,46D,47D,48D,49D,50D. The monoisotopic (exact) mass is 1150 g/mol. The third-order valence-electron chi connectivity index (χ3n) is 13.4. The predicted molar refractivity (Wildman–Crippen MR) is 343 cm³/mol. The Morgan fingerprint density at radius 2 is 0.720 bits per heavy atom. The van der Waals surface area contributed by atoms with Crippen LogP contribution in [0.25, 0.3) is 117 Å². The van der Waals surface area contributed by atoms with Gasteiger partial charge in [-0.2, -0.15) is 0 Å². The summed E-state index contributed by atoms with van der Waals surface area (Å²) in [6.45, 7) is 0. The minimum absolute atomic E-state index is 0.509. The third kappa shape index (κ3) is 7.53. The summed E-state index contributed by atoms with van der Waals surface area (Å²) in [6.07, 6.45) is 0. The Bertz CT molecular complexity index is 7610. The SMILES string of the molecule is [2H]c1c([2H])c([2H])c(-c2c([2H])c([2H])c([2H])[c]([Ge]([c]3ccccc3)([c]3c([2H])c([2H])c(-n4c5c([2H])c([2H])c([2H])c([2H])c5c5c([2H])c([2H])c([2H])c([2H])c54)c([2H])c3[2H])[c]3c([2H])c([2H])c([2H])c(-c4nc(-c5c([2H])c([2H])c([2H])c([2H])c5-n5c6c([2H])c([2H])c([2H])c([2H])c6c6c([2H])c([2H])c([2H])c([2H])c65)nc(-n5c6c([2H])c([2H])c([2H])c([2H])c6c6c([2H])c([2H])c([2H])c([2H])c65)n4)c3[2H])c2[2H])c([2H])c1[2H]. The van der Waals surface area contributed by atoms with Crippen molar-refractivity contribution >= 4 is 96.3 Å². The van der Waals surface area contributed by atoms with Crippen LogP contribution in [0.2, 0.25) is 0 Å². The van der Waals surface area contributed by atoms with Gasteiger partial charge < -0.3 is 0 Å². The molecule has 6 nitrogen and oxygen atoms in total. The Kier molecular flexibility index (Phi) is 4.89. The summed E-state index contributed by atoms with van der Waals surface area (Å²) < 4.78 is 426. The van der Waals surface area contributed by atoms with Crippen molar-refractivity contribution in [3.63, 3.8) is 0 Å². The maximum absolute atomic E-state index is 11.2. The minimum atomic E-state index is -7.63. The van der Waals surface area contributed by atoms with Crippen LogP contribution in [0.1, 0.15) is 61.7 Å². The van der Waals surface area contributed by atoms with Gasteiger partial charge in [0.2, 0.25) is 0 Å². The van der Waals surface area contributed by atoms with Gasteiger partial charge in [-0.3, -0.25) is 0 Å². The molecule has 82 heavy (non-hydrogen) atoms. The second-order valence-electron chi connectivity index (χ2n) is 17.7. The molecule has 4 heterocycles. The Labute approximate surface area is 539 Å². The quantitative estimate of drug-likeness (QED) is 0.128. The first-order valence-electron chi connectivity index (χ1n) is 46.8. The number of para-hydroxylation sites is 7. The zero-order valence-electron chi connectivity index (χ0n) is 86.1. The summed E-state index contributed by atoms with van der Waals surface area (Å²) in [4.78, 5) is 14.1. The molecule has 0 aliphatic heterocycles. The fraction of sp³-hybridized carbons (Fsp3) is 0. The molecule has 384 valence electrons. The van der Waals surface area contributed by atoms with Crippen LogP contribution in [0.4, 0.5) is 0 Å². The zero-order valence-corrected chi connectivity index (χ0v) is 43.2. The van der Waals surface area contributed by atoms with E-state index < -0.39 is 419 Å². The van der Waals surface area contributed by atoms with Crippen LogP contribution in [0.15, 0.2) is 302 Å². The van der Waals surface area contributed by atoms with Gasteiger partial charge in [0.15, 0.2) is 0 Å². The first-order valence-corrected chi connectivity index (χ1v) is 28.5. The van der Waals surface area contributed by atoms with Crippen molar-refractivity contribution < 1.29 is 61.7 Å². The average molecular weight is 1150 g/mol. The second kappa shape index (κ2) is 19.4. The van der Waals surface area contributed by atoms with E-state index in [1.54, 1.807) is 0 Å². The first-order chi connectivity index (χ1) is 59.4. The Balaban J connectivity index is 1.17. The molecule has 0 bridgehead atoms. The van der Waals surface area contributed by atoms with Crippen LogP contribution in [-0.4, -0.2) is 41.9 Å². The van der Waals surface area contributed by atoms with Crippen LogP contribution < -0.4 is 17.6 Å². The molecule has 0 aliphatic carbocycles. The zero-order chi connectivity index (χ0) is 93.3. The van der Waals surface area contributed by atoms with Crippen molar-refractivity contribution in [2.45, 2.75) is 0 Å². The van der Waals surface area contributed by atoms with E-state index >= 15 is 0 Å². The average Bonchev–Trinajstić information content (AvgIpc) is 1.47. The maximum atomic E-state index is 11.2. The molecule has 0 N–H and O–H groups in total. The molecule has 0 spiro atoms. The third-order valence-corrected chi connectivity index (χ3v) is 22.2. The van der Waals surface area contributed by atoms with E-state index in [2.05, 4.69) is 4.98 Å². The van der Waals surface area contributed by atoms with Crippen LogP contribution >= 0.6 is 0 Å². The molecule has 0 saturated carbocycles. The van der Waals surface area contributed by atoms with Crippen LogP contribution in [-0.2, 0) is 0 Å². The van der Waals surface area contributed by atoms with E-state index in [0.29, 0.717) is 13.7 Å². The number of hydrogen-bond donors (Lipinski definition) is 0. The van der Waals surface area contributed by atoms with Gasteiger partial charge in [0.25, 0.3) is 0 Å². The molecule has 0 aliphatic rings. The second-order valence-corrected chi connectivity index (χ2v) is 25.2. The summed E-state index contributed by atoms with van der Waals surface area (Å²) in [5.74, 6) is -3.86. The summed E-state index contributed by atoms with van der Waals surface area (Å²) in [6, 6.07) is -45.8. The number of hydrogen-bond acceptors (Lipinski definition) is 3. The van der Waals surface area contributed by atoms with Gasteiger partial charge in [0, 0.05) is 0 Å². The summed E-state index contributed by atoms with van der Waals surface area (Å²) >= 11 is -7.63. The van der Waals surface area contributed by atoms with E-state index in [0.717, 1.165) is 12.1 Å². The van der Waals surface area contributed by atoms with Crippen molar-refractivity contribution in [1.82, 2.24) is 28.7 Å². The van der Waals surface area contributed by atoms with Crippen molar-refractivity contribution in [3.8, 4) is 51.2 Å². The van der Waals surface area contributed by atoms with Crippen molar-refractivity contribution in [2.24, 2.45) is 0 Å². The predicted octanol–water partition coefficient (Wildman–Crippen LogP) is 15.5. The Morgan fingerprint density at radius 3 is 1.27 bits per heavy atom. The molecule has 12 aromatic carbocycles. The van der Waals surface area contributed by atoms with E-state index in [1.807, 2.05) is 0 Å². The number of rotatable bonds is 10. The molecule has 4 aromatic heterocycles. The fourth-order valence-electron chi connectivity index (χ4n) is 10.0. The van der Waals surface area contributed by atoms with Gasteiger partial charge in [-0.25, -0.2) is 0 Å². The normalized spacial score (nSPS) is 20.2. The molecular weight excluding hydrogens is 1060 g/mol. The van der Waals surface area contributed by atoms with Gasteiger partial charge in [0.1, 0.15) is 0 Å². The molecule has 0 fully saturated rings. The van der Waals surface area contributed by atoms with Crippen LogP contribution in [0.5, 0.6) is 0 Å². The molecule has 1 unspecified atom stereocenters. The van der Waals surface area contributed by atoms with Crippen LogP contribution in [0, 0.1) is 0 Å². The van der Waals surface area contributed by atoms with E-state index in [9.17, 15) is 41.1 Å². The first kappa shape index (κ1) is 20.6. The van der Waals surface area contributed by atoms with Gasteiger partial charge in [-0.05, 0) is 0 Å². The fourth-order valence-corrected chi connectivity index (χ4v) is 18.3.